The van der Waals surface area contributed by atoms with Crippen LogP contribution in [0.25, 0.3) is 16.7 Å². The Bertz CT molecular complexity index is 1160. The lowest BCUT2D eigenvalue weighted by Gasteiger charge is -2.20. The minimum Gasteiger partial charge on any atom is -0.206 e. The molecule has 0 amide bonds. The first-order valence-electron chi connectivity index (χ1n) is 9.92. The zero-order valence-corrected chi connectivity index (χ0v) is 16.6. The monoisotopic (exact) mass is 432 g/mol. The summed E-state index contributed by atoms with van der Waals surface area (Å²) < 4.78 is 84.3. The van der Waals surface area contributed by atoms with Gasteiger partial charge >= 0.3 is 0 Å². The second-order valence-corrected chi connectivity index (χ2v) is 7.65. The molecule has 1 aliphatic carbocycles. The number of halogens is 6. The lowest BCUT2D eigenvalue weighted by atomic mass is 9.85. The molecule has 160 valence electrons. The van der Waals surface area contributed by atoms with Gasteiger partial charge in [-0.05, 0) is 83.5 Å². The first kappa shape index (κ1) is 21.2. The number of aryl methyl sites for hydroxylation is 1. The minimum atomic E-state index is -1.62. The highest BCUT2D eigenvalue weighted by Crippen LogP contribution is 2.35. The molecule has 3 aromatic rings. The van der Waals surface area contributed by atoms with E-state index in [2.05, 4.69) is 0 Å². The van der Waals surface area contributed by atoms with Crippen LogP contribution in [-0.2, 0) is 19.3 Å². The van der Waals surface area contributed by atoms with Crippen LogP contribution in [0, 0.1) is 34.9 Å². The summed E-state index contributed by atoms with van der Waals surface area (Å²) in [7, 11) is 0. The maximum Gasteiger partial charge on any atom is 0.194 e. The van der Waals surface area contributed by atoms with Gasteiger partial charge in [-0.2, -0.15) is 0 Å². The van der Waals surface area contributed by atoms with Gasteiger partial charge < -0.3 is 0 Å². The molecule has 0 bridgehead atoms. The van der Waals surface area contributed by atoms with Crippen LogP contribution in [0.2, 0.25) is 0 Å². The van der Waals surface area contributed by atoms with E-state index in [0.717, 1.165) is 18.6 Å². The Morgan fingerprint density at radius 2 is 1.35 bits per heavy atom. The predicted molar refractivity (Wildman–Crippen MR) is 107 cm³/mol. The zero-order valence-electron chi connectivity index (χ0n) is 16.6. The maximum absolute atomic E-state index is 14.7. The van der Waals surface area contributed by atoms with Gasteiger partial charge in [0, 0.05) is 11.1 Å². The molecule has 0 atom stereocenters. The number of allylic oxidation sites excluding steroid dienone is 2. The maximum atomic E-state index is 14.7. The fourth-order valence-corrected chi connectivity index (χ4v) is 4.01. The molecule has 6 heteroatoms. The van der Waals surface area contributed by atoms with Crippen LogP contribution in [0.5, 0.6) is 0 Å². The van der Waals surface area contributed by atoms with E-state index in [1.165, 1.54) is 24.3 Å². The van der Waals surface area contributed by atoms with Crippen LogP contribution in [0.4, 0.5) is 26.3 Å². The molecular formula is C25H18F6. The van der Waals surface area contributed by atoms with Gasteiger partial charge in [-0.15, -0.1) is 0 Å². The summed E-state index contributed by atoms with van der Waals surface area (Å²) in [4.78, 5) is 0. The van der Waals surface area contributed by atoms with Crippen LogP contribution < -0.4 is 0 Å². The van der Waals surface area contributed by atoms with E-state index in [-0.39, 0.29) is 29.5 Å². The third-order valence-electron chi connectivity index (χ3n) is 5.50. The summed E-state index contributed by atoms with van der Waals surface area (Å²) in [6.45, 7) is 1.92. The van der Waals surface area contributed by atoms with Gasteiger partial charge in [0.05, 0.1) is 0 Å². The largest absolute Gasteiger partial charge is 0.206 e. The van der Waals surface area contributed by atoms with E-state index < -0.39 is 34.9 Å². The second-order valence-electron chi connectivity index (χ2n) is 7.65. The summed E-state index contributed by atoms with van der Waals surface area (Å²) >= 11 is 0. The molecule has 0 heterocycles. The highest BCUT2D eigenvalue weighted by atomic mass is 19.2. The van der Waals surface area contributed by atoms with E-state index in [1.807, 2.05) is 6.92 Å². The molecule has 0 fully saturated rings. The van der Waals surface area contributed by atoms with E-state index >= 15 is 0 Å². The van der Waals surface area contributed by atoms with Crippen LogP contribution in [-0.4, -0.2) is 0 Å². The topological polar surface area (TPSA) is 0 Å². The quantitative estimate of drug-likeness (QED) is 0.299. The van der Waals surface area contributed by atoms with Gasteiger partial charge in [-0.25, -0.2) is 26.3 Å². The van der Waals surface area contributed by atoms with Crippen molar-refractivity contribution in [2.45, 2.75) is 32.6 Å². The number of rotatable bonds is 4. The van der Waals surface area contributed by atoms with E-state index in [0.29, 0.717) is 28.7 Å². The number of hydrogen-bond acceptors (Lipinski definition) is 0. The van der Waals surface area contributed by atoms with E-state index in [4.69, 9.17) is 0 Å². The van der Waals surface area contributed by atoms with E-state index in [9.17, 15) is 26.3 Å². The van der Waals surface area contributed by atoms with Crippen molar-refractivity contribution in [3.63, 3.8) is 0 Å². The molecule has 0 unspecified atom stereocenters. The van der Waals surface area contributed by atoms with Crippen molar-refractivity contribution >= 4 is 5.57 Å². The Balaban J connectivity index is 1.70. The Kier molecular flexibility index (Phi) is 5.65. The molecule has 0 saturated carbocycles. The fraction of sp³-hybridized carbons (Fsp3) is 0.200. The average molecular weight is 432 g/mol. The summed E-state index contributed by atoms with van der Waals surface area (Å²) in [5.74, 6) is -6.52. The first-order valence-corrected chi connectivity index (χ1v) is 9.92. The van der Waals surface area contributed by atoms with Crippen molar-refractivity contribution in [1.29, 1.82) is 0 Å². The van der Waals surface area contributed by atoms with Crippen molar-refractivity contribution in [1.82, 2.24) is 0 Å². The molecule has 1 aliphatic rings. The molecule has 0 aliphatic heterocycles. The highest BCUT2D eigenvalue weighted by Gasteiger charge is 2.22. The zero-order chi connectivity index (χ0) is 22.3. The molecule has 31 heavy (non-hydrogen) atoms. The lowest BCUT2D eigenvalue weighted by Crippen LogP contribution is -2.08. The number of hydrogen-bond donors (Lipinski definition) is 0. The third kappa shape index (κ3) is 3.99. The summed E-state index contributed by atoms with van der Waals surface area (Å²) in [6, 6.07) is 6.73. The molecular weight excluding hydrogens is 414 g/mol. The van der Waals surface area contributed by atoms with Crippen molar-refractivity contribution in [3.05, 3.63) is 99.6 Å². The molecule has 0 aromatic heterocycles. The van der Waals surface area contributed by atoms with Crippen molar-refractivity contribution in [3.8, 4) is 11.1 Å². The number of fused-ring (bicyclic) bond motifs is 1. The Hall–Kier alpha value is -3.02. The van der Waals surface area contributed by atoms with Crippen LogP contribution in [0.15, 0.2) is 42.5 Å². The first-order chi connectivity index (χ1) is 14.8. The normalized spacial score (nSPS) is 13.2. The second kappa shape index (κ2) is 8.25. The van der Waals surface area contributed by atoms with E-state index in [1.54, 1.807) is 6.08 Å². The van der Waals surface area contributed by atoms with Gasteiger partial charge in [0.25, 0.3) is 0 Å². The SMILES string of the molecule is CCCc1cc(F)c(C2=CCc3cc(-c4cc(F)c(F)c(F)c4)c(F)cc3C2)c(F)c1. The van der Waals surface area contributed by atoms with Crippen molar-refractivity contribution in [2.75, 3.05) is 0 Å². The lowest BCUT2D eigenvalue weighted by molar-refractivity contribution is 0.447. The predicted octanol–water partition coefficient (Wildman–Crippen LogP) is 7.32. The smallest absolute Gasteiger partial charge is 0.194 e. The van der Waals surface area contributed by atoms with Crippen LogP contribution in [0.3, 0.4) is 0 Å². The summed E-state index contributed by atoms with van der Waals surface area (Å²) in [5, 5.41) is 0. The molecule has 4 rings (SSSR count). The molecule has 3 aromatic carbocycles. The molecule has 0 spiro atoms. The number of benzene rings is 3. The minimum absolute atomic E-state index is 0.0744. The van der Waals surface area contributed by atoms with Crippen molar-refractivity contribution in [2.24, 2.45) is 0 Å². The van der Waals surface area contributed by atoms with Gasteiger partial charge in [0.15, 0.2) is 17.5 Å². The Morgan fingerprint density at radius 1 is 0.710 bits per heavy atom. The van der Waals surface area contributed by atoms with Crippen LogP contribution in [0.1, 0.15) is 35.6 Å². The van der Waals surface area contributed by atoms with Crippen LogP contribution >= 0.6 is 0 Å². The Morgan fingerprint density at radius 3 is 1.97 bits per heavy atom. The molecule has 0 radical (unpaired) electrons. The third-order valence-corrected chi connectivity index (χ3v) is 5.50. The summed E-state index contributed by atoms with van der Waals surface area (Å²) in [5.41, 5.74) is 1.85. The highest BCUT2D eigenvalue weighted by molar-refractivity contribution is 5.74. The molecule has 0 saturated heterocycles. The van der Waals surface area contributed by atoms with Gasteiger partial charge in [0.2, 0.25) is 0 Å². The fourth-order valence-electron chi connectivity index (χ4n) is 4.01. The molecule has 0 nitrogen and oxygen atoms in total. The van der Waals surface area contributed by atoms with Gasteiger partial charge in [0.1, 0.15) is 17.5 Å². The Labute approximate surface area is 175 Å². The van der Waals surface area contributed by atoms with Gasteiger partial charge in [-0.1, -0.05) is 19.4 Å². The average Bonchev–Trinajstić information content (AvgIpc) is 2.71. The molecule has 0 N–H and O–H groups in total. The van der Waals surface area contributed by atoms with Gasteiger partial charge in [-0.3, -0.25) is 0 Å². The standard InChI is InChI=1S/C25H18F6/c1-2-3-13-6-20(27)24(21(28)7-13)15-5-4-14-9-18(19(26)10-16(14)8-15)17-11-22(29)25(31)23(30)12-17/h5-7,9-12H,2-4,8H2,1H3. The van der Waals surface area contributed by atoms with Crippen molar-refractivity contribution < 1.29 is 26.3 Å². The summed E-state index contributed by atoms with van der Waals surface area (Å²) in [6.07, 6.45) is 3.36.